The number of hydrogen-bond donors (Lipinski definition) is 3. The number of esters is 1. The van der Waals surface area contributed by atoms with E-state index in [9.17, 15) is 14.4 Å². The minimum Gasteiger partial charge on any atom is -0.451 e. The lowest BCUT2D eigenvalue weighted by molar-refractivity contribution is -0.119. The van der Waals surface area contributed by atoms with Gasteiger partial charge in [-0.3, -0.25) is 14.7 Å². The number of primary amides is 1. The van der Waals surface area contributed by atoms with Crippen molar-refractivity contribution in [3.63, 3.8) is 0 Å². The van der Waals surface area contributed by atoms with E-state index in [1.807, 2.05) is 6.07 Å². The molecule has 2 amide bonds. The van der Waals surface area contributed by atoms with Crippen LogP contribution in [0, 0.1) is 5.92 Å². The van der Waals surface area contributed by atoms with Gasteiger partial charge in [0.1, 0.15) is 5.00 Å². The summed E-state index contributed by atoms with van der Waals surface area (Å²) in [6, 6.07) is 7.13. The van der Waals surface area contributed by atoms with Crippen LogP contribution in [0.4, 0.5) is 5.00 Å². The van der Waals surface area contributed by atoms with E-state index in [0.29, 0.717) is 27.4 Å². The van der Waals surface area contributed by atoms with Gasteiger partial charge >= 0.3 is 5.97 Å². The van der Waals surface area contributed by atoms with Gasteiger partial charge in [0.15, 0.2) is 12.3 Å². The molecule has 1 aliphatic carbocycles. The summed E-state index contributed by atoms with van der Waals surface area (Å²) in [6.07, 6.45) is 2.60. The Hall–Kier alpha value is -3.20. The Morgan fingerprint density at radius 3 is 2.93 bits per heavy atom. The first-order valence-corrected chi connectivity index (χ1v) is 10.1. The van der Waals surface area contributed by atoms with Crippen molar-refractivity contribution < 1.29 is 19.1 Å². The minimum atomic E-state index is -0.702. The molecule has 0 aliphatic heterocycles. The van der Waals surface area contributed by atoms with E-state index >= 15 is 0 Å². The van der Waals surface area contributed by atoms with Gasteiger partial charge in [0.25, 0.3) is 11.8 Å². The van der Waals surface area contributed by atoms with E-state index in [-0.39, 0.29) is 5.69 Å². The Labute approximate surface area is 170 Å². The van der Waals surface area contributed by atoms with Crippen LogP contribution in [0.15, 0.2) is 24.3 Å². The predicted molar refractivity (Wildman–Crippen MR) is 109 cm³/mol. The summed E-state index contributed by atoms with van der Waals surface area (Å²) in [5.41, 5.74) is 7.67. The number of benzene rings is 1. The Morgan fingerprint density at radius 1 is 1.34 bits per heavy atom. The molecule has 2 aromatic heterocycles. The number of para-hydroxylation sites is 1. The van der Waals surface area contributed by atoms with E-state index in [2.05, 4.69) is 22.4 Å². The molecular formula is C20H20N4O4S. The van der Waals surface area contributed by atoms with Crippen molar-refractivity contribution in [3.8, 4) is 0 Å². The topological polar surface area (TPSA) is 127 Å². The van der Waals surface area contributed by atoms with Crippen molar-refractivity contribution in [2.75, 3.05) is 11.9 Å². The molecule has 0 spiro atoms. The van der Waals surface area contributed by atoms with Gasteiger partial charge in [-0.05, 0) is 36.8 Å². The fourth-order valence-electron chi connectivity index (χ4n) is 3.58. The van der Waals surface area contributed by atoms with Crippen LogP contribution >= 0.6 is 11.3 Å². The van der Waals surface area contributed by atoms with Gasteiger partial charge in [-0.25, -0.2) is 4.79 Å². The number of thiophene rings is 1. The number of nitrogens with two attached hydrogens (primary N) is 1. The first-order valence-electron chi connectivity index (χ1n) is 9.28. The molecule has 29 heavy (non-hydrogen) atoms. The molecule has 0 bridgehead atoms. The van der Waals surface area contributed by atoms with Gasteiger partial charge < -0.3 is 15.8 Å². The first kappa shape index (κ1) is 19.1. The summed E-state index contributed by atoms with van der Waals surface area (Å²) in [7, 11) is 0. The maximum atomic E-state index is 12.3. The van der Waals surface area contributed by atoms with Crippen LogP contribution in [0.3, 0.4) is 0 Å². The molecule has 1 atom stereocenters. The second kappa shape index (κ2) is 7.67. The van der Waals surface area contributed by atoms with E-state index < -0.39 is 24.4 Å². The van der Waals surface area contributed by atoms with Crippen LogP contribution in [0.25, 0.3) is 10.9 Å². The van der Waals surface area contributed by atoms with Crippen molar-refractivity contribution in [1.29, 1.82) is 0 Å². The predicted octanol–water partition coefficient (Wildman–Crippen LogP) is 2.64. The zero-order valence-electron chi connectivity index (χ0n) is 15.8. The molecule has 3 aromatic rings. The van der Waals surface area contributed by atoms with Gasteiger partial charge in [0.2, 0.25) is 0 Å². The molecule has 1 aliphatic rings. The van der Waals surface area contributed by atoms with E-state index in [1.165, 1.54) is 11.3 Å². The lowest BCUT2D eigenvalue weighted by atomic mass is 9.88. The third-order valence-electron chi connectivity index (χ3n) is 5.01. The smallest absolute Gasteiger partial charge is 0.359 e. The number of anilines is 1. The molecule has 4 N–H and O–H groups in total. The van der Waals surface area contributed by atoms with Gasteiger partial charge in [-0.1, -0.05) is 25.1 Å². The highest BCUT2D eigenvalue weighted by Crippen LogP contribution is 2.39. The lowest BCUT2D eigenvalue weighted by Crippen LogP contribution is -2.23. The minimum absolute atomic E-state index is 0.117. The maximum absolute atomic E-state index is 12.3. The van der Waals surface area contributed by atoms with Crippen molar-refractivity contribution in [1.82, 2.24) is 10.2 Å². The van der Waals surface area contributed by atoms with Crippen molar-refractivity contribution in [2.24, 2.45) is 11.7 Å². The number of aromatic nitrogens is 2. The van der Waals surface area contributed by atoms with Crippen LogP contribution in [0.5, 0.6) is 0 Å². The highest BCUT2D eigenvalue weighted by atomic mass is 32.1. The SMILES string of the molecule is CC1CCc2c(sc(NC(=O)COC(=O)c3n[nH]c4ccccc34)c2C(N)=O)C1. The molecule has 0 saturated heterocycles. The maximum Gasteiger partial charge on any atom is 0.359 e. The molecule has 8 nitrogen and oxygen atoms in total. The molecular weight excluding hydrogens is 392 g/mol. The van der Waals surface area contributed by atoms with E-state index in [1.54, 1.807) is 18.2 Å². The number of carbonyl (C=O) groups is 3. The Kier molecular flexibility index (Phi) is 5.06. The van der Waals surface area contributed by atoms with E-state index in [0.717, 1.165) is 29.7 Å². The molecule has 1 aromatic carbocycles. The third-order valence-corrected chi connectivity index (χ3v) is 6.18. The summed E-state index contributed by atoms with van der Waals surface area (Å²) in [5.74, 6) is -1.28. The van der Waals surface area contributed by atoms with Crippen LogP contribution in [-0.4, -0.2) is 34.6 Å². The highest BCUT2D eigenvalue weighted by Gasteiger charge is 2.27. The number of ether oxygens (including phenoxy) is 1. The van der Waals surface area contributed by atoms with Gasteiger partial charge in [-0.2, -0.15) is 5.10 Å². The third kappa shape index (κ3) is 3.73. The second-order valence-electron chi connectivity index (χ2n) is 7.16. The summed E-state index contributed by atoms with van der Waals surface area (Å²) in [4.78, 5) is 37.7. The number of rotatable bonds is 5. The number of nitrogens with one attached hydrogen (secondary N) is 2. The van der Waals surface area contributed by atoms with Gasteiger partial charge in [-0.15, -0.1) is 11.3 Å². The molecule has 0 radical (unpaired) electrons. The van der Waals surface area contributed by atoms with Crippen LogP contribution < -0.4 is 11.1 Å². The molecule has 0 fully saturated rings. The Morgan fingerprint density at radius 2 is 2.14 bits per heavy atom. The average molecular weight is 412 g/mol. The number of fused-ring (bicyclic) bond motifs is 2. The fourth-order valence-corrected chi connectivity index (χ4v) is 5.01. The summed E-state index contributed by atoms with van der Waals surface area (Å²) in [5, 5.41) is 10.4. The summed E-state index contributed by atoms with van der Waals surface area (Å²) < 4.78 is 5.10. The fraction of sp³-hybridized carbons (Fsp3) is 0.300. The second-order valence-corrected chi connectivity index (χ2v) is 8.27. The molecule has 2 heterocycles. The summed E-state index contributed by atoms with van der Waals surface area (Å²) >= 11 is 1.37. The number of nitrogens with zero attached hydrogens (tertiary/aromatic N) is 1. The van der Waals surface area contributed by atoms with Gasteiger partial charge in [0, 0.05) is 10.3 Å². The zero-order valence-corrected chi connectivity index (χ0v) is 16.6. The Bertz CT molecular complexity index is 1120. The van der Waals surface area contributed by atoms with Crippen LogP contribution in [-0.2, 0) is 22.4 Å². The van der Waals surface area contributed by atoms with Crippen molar-refractivity contribution >= 4 is 45.0 Å². The first-order chi connectivity index (χ1) is 13.9. The molecule has 9 heteroatoms. The number of amides is 2. The van der Waals surface area contributed by atoms with Crippen LogP contribution in [0.1, 0.15) is 44.6 Å². The lowest BCUT2D eigenvalue weighted by Gasteiger charge is -2.18. The molecule has 1 unspecified atom stereocenters. The quantitative estimate of drug-likeness (QED) is 0.555. The molecule has 150 valence electrons. The highest BCUT2D eigenvalue weighted by molar-refractivity contribution is 7.17. The van der Waals surface area contributed by atoms with Crippen molar-refractivity contribution in [2.45, 2.75) is 26.2 Å². The van der Waals surface area contributed by atoms with Crippen LogP contribution in [0.2, 0.25) is 0 Å². The number of carbonyl (C=O) groups excluding carboxylic acids is 3. The average Bonchev–Trinajstić information content (AvgIpc) is 3.26. The number of aromatic amines is 1. The molecule has 0 saturated carbocycles. The normalized spacial score (nSPS) is 15.7. The summed E-state index contributed by atoms with van der Waals surface area (Å²) in [6.45, 7) is 1.67. The molecule has 4 rings (SSSR count). The largest absolute Gasteiger partial charge is 0.451 e. The van der Waals surface area contributed by atoms with Gasteiger partial charge in [0.05, 0.1) is 11.1 Å². The van der Waals surface area contributed by atoms with E-state index in [4.69, 9.17) is 10.5 Å². The monoisotopic (exact) mass is 412 g/mol. The standard InChI is InChI=1S/C20H20N4O4S/c1-10-6-7-12-14(8-10)29-19(16(12)18(21)26)22-15(25)9-28-20(27)17-11-4-2-3-5-13(11)23-24-17/h2-5,10H,6-9H2,1H3,(H2,21,26)(H,22,25)(H,23,24). The number of H-pyrrole nitrogens is 1. The Balaban J connectivity index is 1.45. The number of hydrogen-bond acceptors (Lipinski definition) is 6. The zero-order chi connectivity index (χ0) is 20.5. The van der Waals surface area contributed by atoms with Crippen molar-refractivity contribution in [3.05, 3.63) is 46.0 Å².